The van der Waals surface area contributed by atoms with Crippen molar-refractivity contribution in [1.29, 1.82) is 0 Å². The minimum absolute atomic E-state index is 0.0633. The summed E-state index contributed by atoms with van der Waals surface area (Å²) in [6.45, 7) is 0. The van der Waals surface area contributed by atoms with E-state index in [1.165, 1.54) is 12.4 Å². The van der Waals surface area contributed by atoms with Crippen LogP contribution in [0.2, 0.25) is 0 Å². The van der Waals surface area contributed by atoms with Crippen LogP contribution < -0.4 is 16.4 Å². The molecule has 10 heteroatoms. The molecular weight excluding hydrogens is 326 g/mol. The van der Waals surface area contributed by atoms with Gasteiger partial charge in [0.1, 0.15) is 11.9 Å². The standard InChI is InChI=1S/C15H11N7O3/c23-10-6-9(8-4-2-1-3-5-8)18-12-11(14(25)21-22(10)12)13(24)19-15-16-7-17-20-15/h1-7,18H,(H,21,25)(H2,16,17,19,20,24). The normalized spacial score (nSPS) is 10.9. The van der Waals surface area contributed by atoms with Gasteiger partial charge >= 0.3 is 0 Å². The SMILES string of the molecule is O=C(Nc1ncn[nH]1)c1c(=O)[nH]n2c(=O)cc(-c3ccccc3)[nH]c12. The third kappa shape index (κ3) is 2.51. The number of carbonyl (C=O) groups is 1. The van der Waals surface area contributed by atoms with Gasteiger partial charge in [-0.3, -0.25) is 24.8 Å². The molecule has 124 valence electrons. The zero-order valence-corrected chi connectivity index (χ0v) is 12.6. The molecule has 10 nitrogen and oxygen atoms in total. The molecule has 4 aromatic rings. The molecule has 4 rings (SSSR count). The molecule has 25 heavy (non-hydrogen) atoms. The van der Waals surface area contributed by atoms with Gasteiger partial charge in [-0.1, -0.05) is 30.3 Å². The van der Waals surface area contributed by atoms with Crippen molar-refractivity contribution in [3.63, 3.8) is 0 Å². The molecule has 0 atom stereocenters. The fraction of sp³-hybridized carbons (Fsp3) is 0. The lowest BCUT2D eigenvalue weighted by atomic mass is 10.1. The number of hydrogen-bond acceptors (Lipinski definition) is 5. The van der Waals surface area contributed by atoms with E-state index in [1.54, 1.807) is 12.1 Å². The fourth-order valence-corrected chi connectivity index (χ4v) is 2.49. The van der Waals surface area contributed by atoms with Gasteiger partial charge in [-0.25, -0.2) is 5.10 Å². The summed E-state index contributed by atoms with van der Waals surface area (Å²) < 4.78 is 0.990. The van der Waals surface area contributed by atoms with Gasteiger partial charge in [-0.2, -0.15) is 14.6 Å². The van der Waals surface area contributed by atoms with Gasteiger partial charge < -0.3 is 4.98 Å². The van der Waals surface area contributed by atoms with Crippen LogP contribution in [0.4, 0.5) is 5.95 Å². The van der Waals surface area contributed by atoms with E-state index in [0.717, 1.165) is 10.1 Å². The Kier molecular flexibility index (Phi) is 3.28. The molecule has 0 aliphatic heterocycles. The molecule has 0 fully saturated rings. The molecular formula is C15H11N7O3. The van der Waals surface area contributed by atoms with E-state index < -0.39 is 17.0 Å². The summed E-state index contributed by atoms with van der Waals surface area (Å²) >= 11 is 0. The second kappa shape index (κ2) is 5.60. The van der Waals surface area contributed by atoms with Crippen molar-refractivity contribution in [2.24, 2.45) is 0 Å². The van der Waals surface area contributed by atoms with Crippen LogP contribution in [0.5, 0.6) is 0 Å². The highest BCUT2D eigenvalue weighted by atomic mass is 16.2. The molecule has 0 unspecified atom stereocenters. The van der Waals surface area contributed by atoms with Gasteiger partial charge in [0.25, 0.3) is 17.0 Å². The third-order valence-corrected chi connectivity index (χ3v) is 3.60. The van der Waals surface area contributed by atoms with Gasteiger partial charge in [-0.15, -0.1) is 0 Å². The Morgan fingerprint density at radius 3 is 2.68 bits per heavy atom. The van der Waals surface area contributed by atoms with Crippen LogP contribution in [-0.2, 0) is 0 Å². The van der Waals surface area contributed by atoms with E-state index in [2.05, 4.69) is 30.6 Å². The number of fused-ring (bicyclic) bond motifs is 1. The van der Waals surface area contributed by atoms with Crippen molar-refractivity contribution >= 4 is 17.5 Å². The Bertz CT molecular complexity index is 1170. The molecule has 0 spiro atoms. The van der Waals surface area contributed by atoms with E-state index in [-0.39, 0.29) is 17.2 Å². The number of nitrogens with zero attached hydrogens (tertiary/aromatic N) is 3. The molecule has 4 N–H and O–H groups in total. The summed E-state index contributed by atoms with van der Waals surface area (Å²) in [6, 6.07) is 10.4. The number of aromatic amines is 3. The Labute approximate surface area is 138 Å². The van der Waals surface area contributed by atoms with E-state index in [4.69, 9.17) is 0 Å². The largest absolute Gasteiger partial charge is 0.339 e. The van der Waals surface area contributed by atoms with Crippen LogP contribution in [0.15, 0.2) is 52.3 Å². The molecule has 0 radical (unpaired) electrons. The lowest BCUT2D eigenvalue weighted by Crippen LogP contribution is -2.20. The summed E-state index contributed by atoms with van der Waals surface area (Å²) in [5.41, 5.74) is -0.102. The Balaban J connectivity index is 1.88. The first-order valence-corrected chi connectivity index (χ1v) is 7.23. The number of benzene rings is 1. The van der Waals surface area contributed by atoms with Crippen molar-refractivity contribution in [1.82, 2.24) is 29.8 Å². The van der Waals surface area contributed by atoms with Gasteiger partial charge in [-0.05, 0) is 5.56 Å². The number of anilines is 1. The van der Waals surface area contributed by atoms with Crippen molar-refractivity contribution in [3.8, 4) is 11.3 Å². The first-order valence-electron chi connectivity index (χ1n) is 7.23. The molecule has 0 bridgehead atoms. The molecule has 3 aromatic heterocycles. The highest BCUT2D eigenvalue weighted by Gasteiger charge is 2.20. The second-order valence-electron chi connectivity index (χ2n) is 5.18. The zero-order chi connectivity index (χ0) is 17.4. The molecule has 1 amide bonds. The third-order valence-electron chi connectivity index (χ3n) is 3.60. The monoisotopic (exact) mass is 337 g/mol. The Hall–Kier alpha value is -3.95. The number of amides is 1. The first kappa shape index (κ1) is 14.6. The molecule has 3 heterocycles. The quantitative estimate of drug-likeness (QED) is 0.427. The van der Waals surface area contributed by atoms with Crippen LogP contribution in [0.3, 0.4) is 0 Å². The van der Waals surface area contributed by atoms with E-state index in [9.17, 15) is 14.4 Å². The number of hydrogen-bond donors (Lipinski definition) is 4. The maximum absolute atomic E-state index is 12.4. The number of rotatable bonds is 3. The molecule has 1 aromatic carbocycles. The average Bonchev–Trinajstić information content (AvgIpc) is 3.22. The number of H-pyrrole nitrogens is 3. The lowest BCUT2D eigenvalue weighted by Gasteiger charge is -2.04. The molecule has 0 aliphatic carbocycles. The molecule has 0 saturated heterocycles. The highest BCUT2D eigenvalue weighted by molar-refractivity contribution is 6.07. The minimum atomic E-state index is -0.721. The number of carbonyl (C=O) groups excluding carboxylic acids is 1. The smallest absolute Gasteiger partial charge is 0.279 e. The van der Waals surface area contributed by atoms with Crippen molar-refractivity contribution in [2.45, 2.75) is 0 Å². The predicted octanol–water partition coefficient (Wildman–Crippen LogP) is 0.353. The van der Waals surface area contributed by atoms with E-state index in [0.29, 0.717) is 5.69 Å². The fourth-order valence-electron chi connectivity index (χ4n) is 2.49. The zero-order valence-electron chi connectivity index (χ0n) is 12.6. The van der Waals surface area contributed by atoms with Crippen LogP contribution in [0, 0.1) is 0 Å². The van der Waals surface area contributed by atoms with Crippen molar-refractivity contribution in [3.05, 3.63) is 69.0 Å². The van der Waals surface area contributed by atoms with Gasteiger partial charge in [0.15, 0.2) is 5.65 Å². The summed E-state index contributed by atoms with van der Waals surface area (Å²) in [6.07, 6.45) is 1.22. The minimum Gasteiger partial charge on any atom is -0.339 e. The summed E-state index contributed by atoms with van der Waals surface area (Å²) in [7, 11) is 0. The Morgan fingerprint density at radius 1 is 1.16 bits per heavy atom. The van der Waals surface area contributed by atoms with Crippen LogP contribution in [-0.4, -0.2) is 35.7 Å². The molecule has 0 saturated carbocycles. The van der Waals surface area contributed by atoms with Gasteiger partial charge in [0.2, 0.25) is 5.95 Å². The van der Waals surface area contributed by atoms with Gasteiger partial charge in [0.05, 0.1) is 5.69 Å². The molecule has 0 aliphatic rings. The topological polar surface area (TPSA) is 141 Å². The highest BCUT2D eigenvalue weighted by Crippen LogP contribution is 2.16. The van der Waals surface area contributed by atoms with E-state index >= 15 is 0 Å². The van der Waals surface area contributed by atoms with Crippen LogP contribution >= 0.6 is 0 Å². The average molecular weight is 337 g/mol. The number of aromatic nitrogens is 6. The number of nitrogens with one attached hydrogen (secondary N) is 4. The summed E-state index contributed by atoms with van der Waals surface area (Å²) in [5.74, 6) is -0.633. The van der Waals surface area contributed by atoms with Crippen LogP contribution in [0.25, 0.3) is 16.9 Å². The lowest BCUT2D eigenvalue weighted by molar-refractivity contribution is 0.102. The predicted molar refractivity (Wildman–Crippen MR) is 88.4 cm³/mol. The first-order chi connectivity index (χ1) is 12.1. The van der Waals surface area contributed by atoms with Crippen molar-refractivity contribution < 1.29 is 4.79 Å². The maximum Gasteiger partial charge on any atom is 0.279 e. The van der Waals surface area contributed by atoms with Crippen molar-refractivity contribution in [2.75, 3.05) is 5.32 Å². The summed E-state index contributed by atoms with van der Waals surface area (Å²) in [5, 5.41) is 10.8. The maximum atomic E-state index is 12.4. The van der Waals surface area contributed by atoms with Crippen LogP contribution in [0.1, 0.15) is 10.4 Å². The second-order valence-corrected chi connectivity index (χ2v) is 5.18. The summed E-state index contributed by atoms with van der Waals surface area (Å²) in [4.78, 5) is 43.6. The van der Waals surface area contributed by atoms with E-state index in [1.807, 2.05) is 18.2 Å². The Morgan fingerprint density at radius 2 is 1.96 bits per heavy atom. The van der Waals surface area contributed by atoms with Gasteiger partial charge in [0, 0.05) is 6.07 Å².